The summed E-state index contributed by atoms with van der Waals surface area (Å²) < 4.78 is 20.2. The second kappa shape index (κ2) is 10.0. The third-order valence-corrected chi connectivity index (χ3v) is 6.03. The molecular formula is C25H31FN2O4. The number of rotatable bonds is 8. The van der Waals surface area contributed by atoms with E-state index in [1.54, 1.807) is 12.1 Å². The number of aromatic amines is 2. The lowest BCUT2D eigenvalue weighted by Crippen LogP contribution is -2.25. The van der Waals surface area contributed by atoms with E-state index >= 15 is 0 Å². The molecule has 1 aliphatic carbocycles. The van der Waals surface area contributed by atoms with Gasteiger partial charge in [0.05, 0.1) is 0 Å². The molecule has 32 heavy (non-hydrogen) atoms. The highest BCUT2D eigenvalue weighted by atomic mass is 19.1. The molecule has 6 nitrogen and oxygen atoms in total. The van der Waals surface area contributed by atoms with Gasteiger partial charge in [-0.25, -0.2) is 4.79 Å². The van der Waals surface area contributed by atoms with Gasteiger partial charge in [0.15, 0.2) is 0 Å². The minimum absolute atomic E-state index is 0.0452. The van der Waals surface area contributed by atoms with Crippen LogP contribution in [0.2, 0.25) is 0 Å². The fourth-order valence-electron chi connectivity index (χ4n) is 4.35. The van der Waals surface area contributed by atoms with Crippen molar-refractivity contribution in [3.8, 4) is 17.4 Å². The molecule has 0 radical (unpaired) electrons. The highest BCUT2D eigenvalue weighted by molar-refractivity contribution is 5.53. The van der Waals surface area contributed by atoms with Gasteiger partial charge in [-0.2, -0.15) is 4.39 Å². The lowest BCUT2D eigenvalue weighted by molar-refractivity contribution is 0.385. The molecule has 0 saturated heterocycles. The van der Waals surface area contributed by atoms with E-state index in [1.807, 2.05) is 18.8 Å². The summed E-state index contributed by atoms with van der Waals surface area (Å²) in [5, 5.41) is 11.1. The average Bonchev–Trinajstić information content (AvgIpc) is 2.71. The molecule has 1 aromatic carbocycles. The third kappa shape index (κ3) is 5.21. The van der Waals surface area contributed by atoms with E-state index in [2.05, 4.69) is 24.6 Å². The summed E-state index contributed by atoms with van der Waals surface area (Å²) in [7, 11) is 0. The number of nitrogens with one attached hydrogen (secondary N) is 2. The van der Waals surface area contributed by atoms with Crippen LogP contribution in [0.15, 0.2) is 45.5 Å². The van der Waals surface area contributed by atoms with Gasteiger partial charge < -0.3 is 9.84 Å². The van der Waals surface area contributed by atoms with E-state index in [9.17, 15) is 19.1 Å². The third-order valence-electron chi connectivity index (χ3n) is 6.03. The number of ether oxygens (including phenoxy) is 1. The van der Waals surface area contributed by atoms with Crippen LogP contribution in [0, 0.1) is 11.7 Å². The molecule has 2 atom stereocenters. The molecule has 0 spiro atoms. The second-order valence-electron chi connectivity index (χ2n) is 8.67. The Labute approximate surface area is 186 Å². The van der Waals surface area contributed by atoms with Crippen LogP contribution in [0.3, 0.4) is 0 Å². The first-order valence-electron chi connectivity index (χ1n) is 11.1. The number of hydrogen-bond donors (Lipinski definition) is 3. The monoisotopic (exact) mass is 442 g/mol. The first-order valence-corrected chi connectivity index (χ1v) is 11.1. The van der Waals surface area contributed by atoms with Crippen molar-refractivity contribution in [3.05, 3.63) is 73.7 Å². The topological polar surface area (TPSA) is 95.2 Å². The van der Waals surface area contributed by atoms with Crippen LogP contribution in [-0.2, 0) is 6.42 Å². The number of aryl methyl sites for hydroxylation is 1. The first kappa shape index (κ1) is 23.6. The molecule has 1 heterocycles. The molecule has 3 rings (SSSR count). The van der Waals surface area contributed by atoms with Gasteiger partial charge in [0.2, 0.25) is 11.7 Å². The second-order valence-corrected chi connectivity index (χ2v) is 8.67. The maximum atomic E-state index is 14.4. The van der Waals surface area contributed by atoms with Crippen molar-refractivity contribution in [2.24, 2.45) is 5.92 Å². The zero-order valence-electron chi connectivity index (χ0n) is 18.9. The number of aromatic hydroxyl groups is 1. The summed E-state index contributed by atoms with van der Waals surface area (Å²) in [5.41, 5.74) is 1.46. The Balaban J connectivity index is 2.15. The Morgan fingerprint density at radius 1 is 1.28 bits per heavy atom. The molecule has 0 bridgehead atoms. The fraction of sp³-hybridized carbons (Fsp3) is 0.440. The highest BCUT2D eigenvalue weighted by Crippen LogP contribution is 2.47. The summed E-state index contributed by atoms with van der Waals surface area (Å²) in [6.45, 7) is 10.2. The molecule has 172 valence electrons. The Kier molecular flexibility index (Phi) is 7.38. The van der Waals surface area contributed by atoms with Crippen LogP contribution in [0.5, 0.6) is 17.4 Å². The molecular weight excluding hydrogens is 411 g/mol. The van der Waals surface area contributed by atoms with Crippen LogP contribution < -0.4 is 16.0 Å². The van der Waals surface area contributed by atoms with E-state index in [1.165, 1.54) is 5.57 Å². The molecule has 1 aliphatic rings. The van der Waals surface area contributed by atoms with Crippen LogP contribution in [0.25, 0.3) is 0 Å². The predicted molar refractivity (Wildman–Crippen MR) is 123 cm³/mol. The van der Waals surface area contributed by atoms with Gasteiger partial charge in [-0.05, 0) is 63.1 Å². The summed E-state index contributed by atoms with van der Waals surface area (Å²) in [6, 6.07) is 3.49. The standard InChI is InChI=1S/C25H31FN2O4/c1-5-6-7-8-16-12-19(29)21(18-11-15(4)9-10-17(18)14(2)3)20(13-16)32-24-22(26)23(30)27-25(31)28-24/h11-13,17-18,29H,2,5-10H2,1,3-4H3,(H2,27,28,30,31)/t17-,18+/m0/s1. The SMILES string of the molecule is C=C(C)[C@@H]1CCC(C)=C[C@H]1c1c(O)cc(CCCCC)cc1Oc1[nH]c(=O)[nH]c(=O)c1F. The Bertz CT molecular complexity index is 1150. The summed E-state index contributed by atoms with van der Waals surface area (Å²) in [6.07, 6.45) is 7.62. The van der Waals surface area contributed by atoms with E-state index in [0.29, 0.717) is 5.56 Å². The van der Waals surface area contributed by atoms with Crippen molar-refractivity contribution in [2.75, 3.05) is 0 Å². The number of aromatic nitrogens is 2. The zero-order valence-corrected chi connectivity index (χ0v) is 18.9. The van der Waals surface area contributed by atoms with Crippen LogP contribution >= 0.6 is 0 Å². The van der Waals surface area contributed by atoms with E-state index in [0.717, 1.165) is 49.7 Å². The number of H-pyrrole nitrogens is 2. The summed E-state index contributed by atoms with van der Waals surface area (Å²) in [4.78, 5) is 27.5. The Morgan fingerprint density at radius 3 is 2.72 bits per heavy atom. The van der Waals surface area contributed by atoms with E-state index < -0.39 is 22.9 Å². The molecule has 3 N–H and O–H groups in total. The van der Waals surface area contributed by atoms with Gasteiger partial charge >= 0.3 is 5.69 Å². The highest BCUT2D eigenvalue weighted by Gasteiger charge is 2.31. The maximum absolute atomic E-state index is 14.4. The van der Waals surface area contributed by atoms with Crippen molar-refractivity contribution in [2.45, 2.75) is 65.2 Å². The zero-order chi connectivity index (χ0) is 23.4. The van der Waals surface area contributed by atoms with Gasteiger partial charge in [-0.3, -0.25) is 14.8 Å². The number of hydrogen-bond acceptors (Lipinski definition) is 4. The van der Waals surface area contributed by atoms with Gasteiger partial charge in [-0.15, -0.1) is 0 Å². The molecule has 2 aromatic rings. The normalized spacial score (nSPS) is 18.3. The van der Waals surface area contributed by atoms with Crippen molar-refractivity contribution in [1.29, 1.82) is 0 Å². The lowest BCUT2D eigenvalue weighted by atomic mass is 9.73. The Hall–Kier alpha value is -3.09. The number of halogens is 1. The minimum Gasteiger partial charge on any atom is -0.507 e. The van der Waals surface area contributed by atoms with E-state index in [-0.39, 0.29) is 23.3 Å². The average molecular weight is 443 g/mol. The molecule has 0 saturated carbocycles. The molecule has 0 fully saturated rings. The molecule has 0 unspecified atom stereocenters. The van der Waals surface area contributed by atoms with Crippen molar-refractivity contribution in [1.82, 2.24) is 9.97 Å². The smallest absolute Gasteiger partial charge is 0.328 e. The minimum atomic E-state index is -1.22. The van der Waals surface area contributed by atoms with Crippen LogP contribution in [-0.4, -0.2) is 15.1 Å². The first-order chi connectivity index (χ1) is 15.2. The number of benzene rings is 1. The molecule has 7 heteroatoms. The maximum Gasteiger partial charge on any atom is 0.328 e. The largest absolute Gasteiger partial charge is 0.507 e. The van der Waals surface area contributed by atoms with Gasteiger partial charge in [0.25, 0.3) is 5.56 Å². The van der Waals surface area contributed by atoms with Crippen molar-refractivity contribution < 1.29 is 14.2 Å². The van der Waals surface area contributed by atoms with Gasteiger partial charge in [0, 0.05) is 11.5 Å². The fourth-order valence-corrected chi connectivity index (χ4v) is 4.35. The van der Waals surface area contributed by atoms with E-state index in [4.69, 9.17) is 4.74 Å². The molecule has 0 amide bonds. The number of unbranched alkanes of at least 4 members (excludes halogenated alkanes) is 2. The number of phenolic OH excluding ortho intramolecular Hbond substituents is 1. The number of allylic oxidation sites excluding steroid dienone is 3. The summed E-state index contributed by atoms with van der Waals surface area (Å²) >= 11 is 0. The van der Waals surface area contributed by atoms with Gasteiger partial charge in [-0.1, -0.05) is 43.6 Å². The van der Waals surface area contributed by atoms with Crippen LogP contribution in [0.4, 0.5) is 4.39 Å². The quantitative estimate of drug-likeness (QED) is 0.374. The number of phenols is 1. The lowest BCUT2D eigenvalue weighted by Gasteiger charge is -2.32. The van der Waals surface area contributed by atoms with Crippen molar-refractivity contribution in [3.63, 3.8) is 0 Å². The summed E-state index contributed by atoms with van der Waals surface area (Å²) in [5.74, 6) is -1.69. The van der Waals surface area contributed by atoms with Crippen molar-refractivity contribution >= 4 is 0 Å². The predicted octanol–water partition coefficient (Wildman–Crippen LogP) is 5.45. The van der Waals surface area contributed by atoms with Gasteiger partial charge in [0.1, 0.15) is 11.5 Å². The molecule has 1 aromatic heterocycles. The Morgan fingerprint density at radius 2 is 2.03 bits per heavy atom. The van der Waals surface area contributed by atoms with Crippen LogP contribution in [0.1, 0.15) is 69.9 Å². The molecule has 0 aliphatic heterocycles.